The van der Waals surface area contributed by atoms with Crippen molar-refractivity contribution < 1.29 is 28.7 Å². The highest BCUT2D eigenvalue weighted by Gasteiger charge is 2.45. The van der Waals surface area contributed by atoms with Gasteiger partial charge in [0.25, 0.3) is 0 Å². The summed E-state index contributed by atoms with van der Waals surface area (Å²) >= 11 is 0. The normalized spacial score (nSPS) is 14.0. The maximum absolute atomic E-state index is 13.6. The third kappa shape index (κ3) is 16.5. The standard InChI is InChI=1S/C35H62N2O5/c1-7-8-9-10-11-12-13-14-15-16-17-18-19-20-25-37(29(2)3,34(40)42-35(4,5)6)27-31(38)28-41-32-23-21-30(22-24-32)26-33(36)39/h21-24,29,31,38H,7-20,25-28H2,1-6H3,(H-,36,39)/p+1. The molecule has 42 heavy (non-hydrogen) atoms. The number of carbonyl (C=O) groups is 2. The summed E-state index contributed by atoms with van der Waals surface area (Å²) in [5.74, 6) is 0.206. The highest BCUT2D eigenvalue weighted by atomic mass is 16.6. The fourth-order valence-corrected chi connectivity index (χ4v) is 5.40. The van der Waals surface area contributed by atoms with Crippen molar-refractivity contribution in [1.29, 1.82) is 0 Å². The zero-order valence-corrected chi connectivity index (χ0v) is 27.8. The van der Waals surface area contributed by atoms with Crippen LogP contribution in [0.5, 0.6) is 5.75 Å². The van der Waals surface area contributed by atoms with E-state index in [9.17, 15) is 14.7 Å². The summed E-state index contributed by atoms with van der Waals surface area (Å²) < 4.78 is 11.8. The number of hydrogen-bond acceptors (Lipinski definition) is 5. The topological polar surface area (TPSA) is 98.9 Å². The first-order chi connectivity index (χ1) is 19.9. The van der Waals surface area contributed by atoms with Gasteiger partial charge in [-0.25, -0.2) is 4.48 Å². The first-order valence-corrected chi connectivity index (χ1v) is 16.7. The Labute approximate surface area is 257 Å². The summed E-state index contributed by atoms with van der Waals surface area (Å²) in [5, 5.41) is 11.0. The Morgan fingerprint density at radius 2 is 1.31 bits per heavy atom. The number of nitrogens with zero attached hydrogens (tertiary/aromatic N) is 1. The van der Waals surface area contributed by atoms with E-state index in [0.717, 1.165) is 18.4 Å². The minimum absolute atomic E-state index is 0.0513. The summed E-state index contributed by atoms with van der Waals surface area (Å²) in [4.78, 5) is 24.7. The number of hydrogen-bond donors (Lipinski definition) is 2. The number of carbonyl (C=O) groups excluding carboxylic acids is 2. The smallest absolute Gasteiger partial charge is 0.491 e. The number of amides is 2. The zero-order valence-electron chi connectivity index (χ0n) is 27.8. The van der Waals surface area contributed by atoms with Crippen molar-refractivity contribution in [1.82, 2.24) is 0 Å². The minimum Gasteiger partial charge on any atom is -0.491 e. The average Bonchev–Trinajstić information content (AvgIpc) is 2.90. The highest BCUT2D eigenvalue weighted by molar-refractivity contribution is 5.76. The molecule has 242 valence electrons. The zero-order chi connectivity index (χ0) is 31.4. The number of quaternary nitrogens is 1. The molecule has 0 aliphatic heterocycles. The van der Waals surface area contributed by atoms with Crippen LogP contribution < -0.4 is 10.5 Å². The van der Waals surface area contributed by atoms with Gasteiger partial charge in [-0.3, -0.25) is 4.79 Å². The third-order valence-corrected chi connectivity index (χ3v) is 7.94. The number of primary amides is 1. The van der Waals surface area contributed by atoms with E-state index in [1.807, 2.05) is 34.6 Å². The van der Waals surface area contributed by atoms with E-state index < -0.39 is 11.7 Å². The second-order valence-corrected chi connectivity index (χ2v) is 13.4. The average molecular weight is 592 g/mol. The molecule has 0 heterocycles. The molecule has 0 aromatic heterocycles. The number of ether oxygens (including phenoxy) is 2. The van der Waals surface area contributed by atoms with Gasteiger partial charge in [0.2, 0.25) is 5.91 Å². The fourth-order valence-electron chi connectivity index (χ4n) is 5.40. The van der Waals surface area contributed by atoms with E-state index in [1.54, 1.807) is 24.3 Å². The van der Waals surface area contributed by atoms with Gasteiger partial charge in [-0.1, -0.05) is 96.1 Å². The Bertz CT molecular complexity index is 865. The van der Waals surface area contributed by atoms with Crippen LogP contribution >= 0.6 is 0 Å². The molecule has 2 atom stereocenters. The van der Waals surface area contributed by atoms with Gasteiger partial charge in [0.05, 0.1) is 19.0 Å². The van der Waals surface area contributed by atoms with Crippen molar-refractivity contribution in [3.63, 3.8) is 0 Å². The summed E-state index contributed by atoms with van der Waals surface area (Å²) in [7, 11) is 0. The van der Waals surface area contributed by atoms with E-state index in [4.69, 9.17) is 15.2 Å². The SMILES string of the molecule is CCCCCCCCCCCCCCCC[N+](CC(O)COc1ccc(CC(N)=O)cc1)(C(=O)OC(C)(C)C)C(C)C. The van der Waals surface area contributed by atoms with E-state index in [0.29, 0.717) is 12.3 Å². The number of nitrogens with two attached hydrogens (primary N) is 1. The summed E-state index contributed by atoms with van der Waals surface area (Å²) in [5.41, 5.74) is 5.46. The van der Waals surface area contributed by atoms with Crippen LogP contribution in [0, 0.1) is 0 Å². The van der Waals surface area contributed by atoms with Crippen LogP contribution in [0.2, 0.25) is 0 Å². The first-order valence-electron chi connectivity index (χ1n) is 16.7. The molecule has 1 rings (SSSR count). The second kappa shape index (κ2) is 20.7. The third-order valence-electron chi connectivity index (χ3n) is 7.94. The fraction of sp³-hybridized carbons (Fsp3) is 0.771. The van der Waals surface area contributed by atoms with Crippen molar-refractivity contribution in [3.05, 3.63) is 29.8 Å². The monoisotopic (exact) mass is 591 g/mol. The van der Waals surface area contributed by atoms with Gasteiger partial charge in [0, 0.05) is 0 Å². The Kier molecular flexibility index (Phi) is 18.7. The number of benzene rings is 1. The molecule has 0 bridgehead atoms. The molecule has 2 unspecified atom stereocenters. The van der Waals surface area contributed by atoms with Crippen LogP contribution in [0.15, 0.2) is 24.3 Å². The lowest BCUT2D eigenvalue weighted by Gasteiger charge is -2.40. The molecule has 1 aromatic rings. The van der Waals surface area contributed by atoms with Gasteiger partial charge in [-0.05, 0) is 65.2 Å². The molecule has 0 aliphatic carbocycles. The van der Waals surface area contributed by atoms with Crippen LogP contribution in [-0.4, -0.2) is 59.0 Å². The van der Waals surface area contributed by atoms with E-state index in [1.165, 1.54) is 77.0 Å². The molecular weight excluding hydrogens is 528 g/mol. The molecule has 0 radical (unpaired) electrons. The molecule has 7 heteroatoms. The van der Waals surface area contributed by atoms with Gasteiger partial charge in [0.15, 0.2) is 0 Å². The number of rotatable bonds is 23. The number of aliphatic hydroxyl groups is 1. The molecule has 1 aromatic carbocycles. The van der Waals surface area contributed by atoms with Gasteiger partial charge in [-0.15, -0.1) is 0 Å². The highest BCUT2D eigenvalue weighted by Crippen LogP contribution is 2.24. The van der Waals surface area contributed by atoms with Crippen LogP contribution in [0.1, 0.15) is 137 Å². The molecule has 3 N–H and O–H groups in total. The van der Waals surface area contributed by atoms with Crippen molar-refractivity contribution >= 4 is 12.0 Å². The summed E-state index contributed by atoms with van der Waals surface area (Å²) in [6, 6.07) is 7.05. The van der Waals surface area contributed by atoms with E-state index >= 15 is 0 Å². The van der Waals surface area contributed by atoms with E-state index in [-0.39, 0.29) is 42.1 Å². The van der Waals surface area contributed by atoms with Crippen LogP contribution in [0.25, 0.3) is 0 Å². The minimum atomic E-state index is -0.850. The predicted molar refractivity (Wildman–Crippen MR) is 173 cm³/mol. The first kappa shape index (κ1) is 37.9. The van der Waals surface area contributed by atoms with Crippen molar-refractivity contribution in [3.8, 4) is 5.75 Å². The van der Waals surface area contributed by atoms with Crippen LogP contribution in [0.4, 0.5) is 4.79 Å². The molecule has 0 saturated heterocycles. The Morgan fingerprint density at radius 3 is 1.74 bits per heavy atom. The van der Waals surface area contributed by atoms with Crippen LogP contribution in [0.3, 0.4) is 0 Å². The van der Waals surface area contributed by atoms with E-state index in [2.05, 4.69) is 6.92 Å². The molecular formula is C35H63N2O5+. The number of aliphatic hydroxyl groups excluding tert-OH is 1. The Morgan fingerprint density at radius 1 is 0.833 bits per heavy atom. The van der Waals surface area contributed by atoms with Crippen molar-refractivity contribution in [2.24, 2.45) is 5.73 Å². The van der Waals surface area contributed by atoms with Crippen LogP contribution in [-0.2, 0) is 16.0 Å². The molecule has 2 amide bonds. The molecule has 7 nitrogen and oxygen atoms in total. The Balaban J connectivity index is 2.58. The van der Waals surface area contributed by atoms with Gasteiger partial charge < -0.3 is 20.3 Å². The van der Waals surface area contributed by atoms with Crippen molar-refractivity contribution in [2.45, 2.75) is 156 Å². The summed E-state index contributed by atoms with van der Waals surface area (Å²) in [6.45, 7) is 12.9. The number of unbranched alkanes of at least 4 members (excludes halogenated alkanes) is 13. The van der Waals surface area contributed by atoms with Crippen molar-refractivity contribution in [2.75, 3.05) is 19.7 Å². The lowest BCUT2D eigenvalue weighted by atomic mass is 10.0. The second-order valence-electron chi connectivity index (χ2n) is 13.4. The lowest BCUT2D eigenvalue weighted by Crippen LogP contribution is -2.62. The summed E-state index contributed by atoms with van der Waals surface area (Å²) in [6.07, 6.45) is 17.0. The molecule has 0 fully saturated rings. The quantitative estimate of drug-likeness (QED) is 0.0990. The largest absolute Gasteiger partial charge is 0.516 e. The molecule has 0 aliphatic rings. The van der Waals surface area contributed by atoms with Gasteiger partial charge in [0.1, 0.15) is 30.6 Å². The predicted octanol–water partition coefficient (Wildman–Crippen LogP) is 8.10. The maximum Gasteiger partial charge on any atom is 0.516 e. The molecule has 0 saturated carbocycles. The Hall–Kier alpha value is -2.12. The molecule has 0 spiro atoms. The van der Waals surface area contributed by atoms with Gasteiger partial charge >= 0.3 is 6.09 Å². The lowest BCUT2D eigenvalue weighted by molar-refractivity contribution is -0.883. The van der Waals surface area contributed by atoms with Gasteiger partial charge in [-0.2, -0.15) is 4.79 Å². The maximum atomic E-state index is 13.6.